The number of amides is 1. The van der Waals surface area contributed by atoms with Crippen LogP contribution in [0.5, 0.6) is 0 Å². The van der Waals surface area contributed by atoms with Crippen molar-refractivity contribution < 1.29 is 18.0 Å². The van der Waals surface area contributed by atoms with Crippen LogP contribution in [0.1, 0.15) is 40.2 Å². The normalized spacial score (nSPS) is 19.7. The van der Waals surface area contributed by atoms with Gasteiger partial charge in [-0.1, -0.05) is 0 Å². The third-order valence-corrected chi connectivity index (χ3v) is 5.58. The molecule has 0 aliphatic carbocycles. The van der Waals surface area contributed by atoms with Gasteiger partial charge in [0.05, 0.1) is 5.56 Å². The highest BCUT2D eigenvalue weighted by Crippen LogP contribution is 2.35. The number of halogens is 3. The molecule has 0 unspecified atom stereocenters. The van der Waals surface area contributed by atoms with Crippen molar-refractivity contribution >= 4 is 23.4 Å². The van der Waals surface area contributed by atoms with E-state index in [1.807, 2.05) is 4.90 Å². The van der Waals surface area contributed by atoms with Gasteiger partial charge in [0.25, 0.3) is 5.91 Å². The lowest BCUT2D eigenvalue weighted by Gasteiger charge is -2.31. The van der Waals surface area contributed by atoms with Gasteiger partial charge in [0, 0.05) is 50.0 Å². The molecule has 0 saturated carbocycles. The van der Waals surface area contributed by atoms with E-state index in [1.165, 1.54) is 6.20 Å². The molecule has 11 heteroatoms. The SMILES string of the molecule is NC(=O)c1cnc(N2CCC[C@H](N)C2)nc1Nc1cc(C2CNC2)cc(C(F)(F)F)c1. The van der Waals surface area contributed by atoms with Gasteiger partial charge in [-0.2, -0.15) is 18.2 Å². The zero-order valence-corrected chi connectivity index (χ0v) is 16.7. The molecule has 31 heavy (non-hydrogen) atoms. The van der Waals surface area contributed by atoms with Gasteiger partial charge < -0.3 is 27.0 Å². The van der Waals surface area contributed by atoms with E-state index in [4.69, 9.17) is 11.5 Å². The Balaban J connectivity index is 1.70. The number of anilines is 3. The Hall–Kier alpha value is -2.92. The Labute approximate surface area is 177 Å². The average molecular weight is 435 g/mol. The van der Waals surface area contributed by atoms with E-state index in [2.05, 4.69) is 20.6 Å². The molecule has 1 amide bonds. The van der Waals surface area contributed by atoms with Crippen molar-refractivity contribution in [1.29, 1.82) is 0 Å². The molecule has 0 bridgehead atoms. The lowest BCUT2D eigenvalue weighted by Crippen LogP contribution is -2.43. The second-order valence-electron chi connectivity index (χ2n) is 7.97. The van der Waals surface area contributed by atoms with Gasteiger partial charge in [-0.3, -0.25) is 4.79 Å². The second kappa shape index (κ2) is 8.31. The van der Waals surface area contributed by atoms with Crippen LogP contribution in [0, 0.1) is 0 Å². The van der Waals surface area contributed by atoms with Crippen LogP contribution >= 0.6 is 0 Å². The fourth-order valence-electron chi connectivity index (χ4n) is 3.78. The van der Waals surface area contributed by atoms with Crippen molar-refractivity contribution in [3.8, 4) is 0 Å². The molecule has 2 aliphatic rings. The molecule has 2 fully saturated rings. The van der Waals surface area contributed by atoms with Crippen LogP contribution in [0.25, 0.3) is 0 Å². The predicted molar refractivity (Wildman–Crippen MR) is 110 cm³/mol. The van der Waals surface area contributed by atoms with Gasteiger partial charge in [-0.15, -0.1) is 0 Å². The van der Waals surface area contributed by atoms with Crippen molar-refractivity contribution in [3.63, 3.8) is 0 Å². The molecule has 2 aliphatic heterocycles. The summed E-state index contributed by atoms with van der Waals surface area (Å²) in [6, 6.07) is 3.78. The number of nitrogens with two attached hydrogens (primary N) is 2. The van der Waals surface area contributed by atoms with Crippen molar-refractivity contribution in [1.82, 2.24) is 15.3 Å². The number of piperidine rings is 1. The molecule has 0 radical (unpaired) electrons. The minimum atomic E-state index is -4.50. The summed E-state index contributed by atoms with van der Waals surface area (Å²) in [7, 11) is 0. The Morgan fingerprint density at radius 3 is 2.65 bits per heavy atom. The first kappa shape index (κ1) is 21.3. The number of benzene rings is 1. The van der Waals surface area contributed by atoms with Crippen molar-refractivity contribution in [3.05, 3.63) is 41.1 Å². The van der Waals surface area contributed by atoms with Crippen LogP contribution in [-0.4, -0.2) is 48.1 Å². The summed E-state index contributed by atoms with van der Waals surface area (Å²) >= 11 is 0. The maximum absolute atomic E-state index is 13.5. The molecule has 0 spiro atoms. The molecule has 1 aromatic heterocycles. The highest BCUT2D eigenvalue weighted by Gasteiger charge is 2.33. The summed E-state index contributed by atoms with van der Waals surface area (Å²) in [6.45, 7) is 2.48. The standard InChI is InChI=1S/C20H24F3N7O/c21-20(22,23)13-4-11(12-7-26-8-12)5-15(6-13)28-18-16(17(25)31)9-27-19(29-18)30-3-1-2-14(24)10-30/h4-6,9,12,14,26H,1-3,7-8,10,24H2,(H2,25,31)(H,27,28,29)/t14-/m0/s1. The quantitative estimate of drug-likeness (QED) is 0.566. The number of hydrogen-bond donors (Lipinski definition) is 4. The minimum Gasteiger partial charge on any atom is -0.365 e. The first-order valence-corrected chi connectivity index (χ1v) is 10.1. The number of carbonyl (C=O) groups excluding carboxylic acids is 1. The summed E-state index contributed by atoms with van der Waals surface area (Å²) in [5, 5.41) is 5.93. The second-order valence-corrected chi connectivity index (χ2v) is 7.97. The van der Waals surface area contributed by atoms with Crippen LogP contribution in [-0.2, 0) is 6.18 Å². The first-order chi connectivity index (χ1) is 14.7. The monoisotopic (exact) mass is 435 g/mol. The summed E-state index contributed by atoms with van der Waals surface area (Å²) < 4.78 is 40.4. The smallest absolute Gasteiger partial charge is 0.365 e. The van der Waals surface area contributed by atoms with Gasteiger partial charge in [-0.25, -0.2) is 4.98 Å². The Kier molecular flexibility index (Phi) is 5.71. The lowest BCUT2D eigenvalue weighted by atomic mass is 9.92. The molecule has 8 nitrogen and oxygen atoms in total. The summed E-state index contributed by atoms with van der Waals surface area (Å²) in [4.78, 5) is 22.4. The highest BCUT2D eigenvalue weighted by atomic mass is 19.4. The number of hydrogen-bond acceptors (Lipinski definition) is 7. The fourth-order valence-corrected chi connectivity index (χ4v) is 3.78. The number of rotatable bonds is 5. The summed E-state index contributed by atoms with van der Waals surface area (Å²) in [5.74, 6) is -0.374. The Morgan fingerprint density at radius 2 is 2.03 bits per heavy atom. The Bertz CT molecular complexity index is 978. The number of carbonyl (C=O) groups is 1. The molecular formula is C20H24F3N7O. The van der Waals surface area contributed by atoms with Crippen LogP contribution in [0.3, 0.4) is 0 Å². The Morgan fingerprint density at radius 1 is 1.26 bits per heavy atom. The topological polar surface area (TPSA) is 122 Å². The van der Waals surface area contributed by atoms with E-state index in [1.54, 1.807) is 6.07 Å². The molecule has 4 rings (SSSR count). The molecule has 3 heterocycles. The zero-order valence-electron chi connectivity index (χ0n) is 16.7. The van der Waals surface area contributed by atoms with Gasteiger partial charge in [-0.05, 0) is 36.6 Å². The molecule has 2 saturated heterocycles. The number of nitrogens with zero attached hydrogens (tertiary/aromatic N) is 3. The van der Waals surface area contributed by atoms with E-state index in [9.17, 15) is 18.0 Å². The fraction of sp³-hybridized carbons (Fsp3) is 0.450. The van der Waals surface area contributed by atoms with Crippen LogP contribution in [0.15, 0.2) is 24.4 Å². The van der Waals surface area contributed by atoms with E-state index >= 15 is 0 Å². The van der Waals surface area contributed by atoms with Crippen LogP contribution in [0.4, 0.5) is 30.6 Å². The number of aromatic nitrogens is 2. The molecular weight excluding hydrogens is 411 g/mol. The third kappa shape index (κ3) is 4.72. The van der Waals surface area contributed by atoms with E-state index < -0.39 is 17.6 Å². The first-order valence-electron chi connectivity index (χ1n) is 10.1. The van der Waals surface area contributed by atoms with Gasteiger partial charge >= 0.3 is 6.18 Å². The van der Waals surface area contributed by atoms with Crippen LogP contribution < -0.4 is 27.0 Å². The largest absolute Gasteiger partial charge is 0.416 e. The molecule has 6 N–H and O–H groups in total. The molecule has 166 valence electrons. The van der Waals surface area contributed by atoms with E-state index in [0.717, 1.165) is 25.0 Å². The molecule has 2 aromatic rings. The zero-order chi connectivity index (χ0) is 22.2. The number of alkyl halides is 3. The maximum atomic E-state index is 13.5. The average Bonchev–Trinajstić information content (AvgIpc) is 2.65. The van der Waals surface area contributed by atoms with E-state index in [0.29, 0.717) is 37.7 Å². The minimum absolute atomic E-state index is 0.00525. The van der Waals surface area contributed by atoms with Crippen molar-refractivity contribution in [2.24, 2.45) is 11.5 Å². The summed E-state index contributed by atoms with van der Waals surface area (Å²) in [5.41, 5.74) is 11.4. The van der Waals surface area contributed by atoms with Crippen LogP contribution in [0.2, 0.25) is 0 Å². The maximum Gasteiger partial charge on any atom is 0.416 e. The van der Waals surface area contributed by atoms with Gasteiger partial charge in [0.1, 0.15) is 11.4 Å². The van der Waals surface area contributed by atoms with Gasteiger partial charge in [0.2, 0.25) is 5.95 Å². The number of primary amides is 1. The predicted octanol–water partition coefficient (Wildman–Crippen LogP) is 1.95. The molecule has 1 atom stereocenters. The van der Waals surface area contributed by atoms with Crippen molar-refractivity contribution in [2.75, 3.05) is 36.4 Å². The third-order valence-electron chi connectivity index (χ3n) is 5.58. The molecule has 1 aromatic carbocycles. The van der Waals surface area contributed by atoms with Crippen molar-refractivity contribution in [2.45, 2.75) is 31.0 Å². The number of nitrogens with one attached hydrogen (secondary N) is 2. The lowest BCUT2D eigenvalue weighted by molar-refractivity contribution is -0.137. The van der Waals surface area contributed by atoms with E-state index in [-0.39, 0.29) is 29.0 Å². The summed E-state index contributed by atoms with van der Waals surface area (Å²) in [6.07, 6.45) is -1.45. The van der Waals surface area contributed by atoms with Gasteiger partial charge in [0.15, 0.2) is 0 Å². The highest BCUT2D eigenvalue weighted by molar-refractivity contribution is 5.98.